The maximum absolute atomic E-state index is 12.1. The molecule has 0 bridgehead atoms. The van der Waals surface area contributed by atoms with Crippen LogP contribution in [0.1, 0.15) is 34.8 Å². The Morgan fingerprint density at radius 3 is 2.67 bits per heavy atom. The van der Waals surface area contributed by atoms with Gasteiger partial charge in [-0.15, -0.1) is 5.10 Å². The molecule has 21 heavy (non-hydrogen) atoms. The first-order valence-corrected chi connectivity index (χ1v) is 7.19. The standard InChI is InChI=1S/C15H19N5O/c1-10-9-12(20-7-3-4-8-20)5-6-13(10)17-15(21)14-16-11(2)18-19-14/h5-6,9H,3-4,7-8H2,1-2H3,(H,17,21)(H,16,18,19). The van der Waals surface area contributed by atoms with Gasteiger partial charge < -0.3 is 10.2 Å². The normalized spacial score (nSPS) is 14.5. The number of carbonyl (C=O) groups excluding carboxylic acids is 1. The summed E-state index contributed by atoms with van der Waals surface area (Å²) in [5.41, 5.74) is 3.06. The predicted octanol–water partition coefficient (Wildman–Crippen LogP) is 2.27. The lowest BCUT2D eigenvalue weighted by molar-refractivity contribution is 0.101. The van der Waals surface area contributed by atoms with Gasteiger partial charge in [0, 0.05) is 24.5 Å². The van der Waals surface area contributed by atoms with E-state index in [1.807, 2.05) is 13.0 Å². The van der Waals surface area contributed by atoms with Gasteiger partial charge >= 0.3 is 0 Å². The third kappa shape index (κ3) is 2.89. The molecule has 6 nitrogen and oxygen atoms in total. The number of aryl methyl sites for hydroxylation is 2. The van der Waals surface area contributed by atoms with Gasteiger partial charge in [-0.2, -0.15) is 0 Å². The fraction of sp³-hybridized carbons (Fsp3) is 0.400. The van der Waals surface area contributed by atoms with E-state index in [-0.39, 0.29) is 11.7 Å². The molecule has 3 rings (SSSR count). The second kappa shape index (κ2) is 5.55. The highest BCUT2D eigenvalue weighted by molar-refractivity contribution is 6.02. The number of nitrogens with one attached hydrogen (secondary N) is 2. The van der Waals surface area contributed by atoms with Gasteiger partial charge in [0.05, 0.1) is 0 Å². The van der Waals surface area contributed by atoms with Crippen molar-refractivity contribution in [3.05, 3.63) is 35.4 Å². The van der Waals surface area contributed by atoms with Gasteiger partial charge in [-0.3, -0.25) is 9.89 Å². The topological polar surface area (TPSA) is 73.9 Å². The van der Waals surface area contributed by atoms with Crippen LogP contribution < -0.4 is 10.2 Å². The van der Waals surface area contributed by atoms with Crippen LogP contribution in [-0.4, -0.2) is 34.2 Å². The van der Waals surface area contributed by atoms with E-state index >= 15 is 0 Å². The molecule has 1 aromatic heterocycles. The molecule has 0 unspecified atom stereocenters. The fourth-order valence-corrected chi connectivity index (χ4v) is 2.58. The highest BCUT2D eigenvalue weighted by Crippen LogP contribution is 2.25. The molecular weight excluding hydrogens is 266 g/mol. The lowest BCUT2D eigenvalue weighted by atomic mass is 10.1. The van der Waals surface area contributed by atoms with Gasteiger partial charge in [-0.1, -0.05) is 0 Å². The van der Waals surface area contributed by atoms with Gasteiger partial charge in [0.15, 0.2) is 0 Å². The Balaban J connectivity index is 1.75. The third-order valence-electron chi connectivity index (χ3n) is 3.73. The van der Waals surface area contributed by atoms with Crippen LogP contribution in [0.15, 0.2) is 18.2 Å². The molecule has 0 radical (unpaired) electrons. The second-order valence-electron chi connectivity index (χ2n) is 5.39. The molecule has 2 N–H and O–H groups in total. The Kier molecular flexibility index (Phi) is 3.60. The van der Waals surface area contributed by atoms with E-state index in [1.54, 1.807) is 6.92 Å². The first kappa shape index (κ1) is 13.6. The quantitative estimate of drug-likeness (QED) is 0.907. The maximum Gasteiger partial charge on any atom is 0.295 e. The summed E-state index contributed by atoms with van der Waals surface area (Å²) in [6.45, 7) is 5.99. The Hall–Kier alpha value is -2.37. The van der Waals surface area contributed by atoms with E-state index < -0.39 is 0 Å². The summed E-state index contributed by atoms with van der Waals surface area (Å²) in [5, 5.41) is 9.39. The first-order valence-electron chi connectivity index (χ1n) is 7.19. The number of amides is 1. The average Bonchev–Trinajstić information content (AvgIpc) is 3.12. The highest BCUT2D eigenvalue weighted by atomic mass is 16.2. The minimum absolute atomic E-state index is 0.163. The van der Waals surface area contributed by atoms with Crippen LogP contribution in [0.3, 0.4) is 0 Å². The van der Waals surface area contributed by atoms with Crippen molar-refractivity contribution in [2.45, 2.75) is 26.7 Å². The number of rotatable bonds is 3. The molecule has 0 atom stereocenters. The average molecular weight is 285 g/mol. The number of hydrogen-bond acceptors (Lipinski definition) is 4. The van der Waals surface area contributed by atoms with Crippen LogP contribution in [-0.2, 0) is 0 Å². The first-order chi connectivity index (χ1) is 10.1. The smallest absolute Gasteiger partial charge is 0.295 e. The monoisotopic (exact) mass is 285 g/mol. The highest BCUT2D eigenvalue weighted by Gasteiger charge is 2.15. The Labute approximate surface area is 123 Å². The van der Waals surface area contributed by atoms with E-state index in [9.17, 15) is 4.79 Å². The van der Waals surface area contributed by atoms with Gasteiger partial charge in [-0.25, -0.2) is 4.98 Å². The molecule has 6 heteroatoms. The van der Waals surface area contributed by atoms with Crippen molar-refractivity contribution in [2.24, 2.45) is 0 Å². The molecule has 1 fully saturated rings. The van der Waals surface area contributed by atoms with Gasteiger partial charge in [0.1, 0.15) is 5.82 Å². The lowest BCUT2D eigenvalue weighted by Crippen LogP contribution is -2.18. The molecule has 1 saturated heterocycles. The van der Waals surface area contributed by atoms with Gasteiger partial charge in [0.2, 0.25) is 5.82 Å². The number of H-pyrrole nitrogens is 1. The molecule has 2 heterocycles. The van der Waals surface area contributed by atoms with Crippen molar-refractivity contribution >= 4 is 17.3 Å². The summed E-state index contributed by atoms with van der Waals surface area (Å²) in [7, 11) is 0. The van der Waals surface area contributed by atoms with Crippen LogP contribution in [0.4, 0.5) is 11.4 Å². The summed E-state index contributed by atoms with van der Waals surface area (Å²) < 4.78 is 0. The molecule has 1 amide bonds. The van der Waals surface area contributed by atoms with Crippen molar-refractivity contribution in [3.8, 4) is 0 Å². The minimum atomic E-state index is -0.295. The van der Waals surface area contributed by atoms with Crippen LogP contribution in [0.5, 0.6) is 0 Å². The van der Waals surface area contributed by atoms with E-state index in [0.717, 1.165) is 24.3 Å². The van der Waals surface area contributed by atoms with Crippen molar-refractivity contribution < 1.29 is 4.79 Å². The number of benzene rings is 1. The molecule has 0 spiro atoms. The van der Waals surface area contributed by atoms with E-state index in [0.29, 0.717) is 5.82 Å². The molecule has 0 aliphatic carbocycles. The second-order valence-corrected chi connectivity index (χ2v) is 5.39. The summed E-state index contributed by atoms with van der Waals surface area (Å²) in [6.07, 6.45) is 2.50. The van der Waals surface area contributed by atoms with Crippen molar-refractivity contribution in [3.63, 3.8) is 0 Å². The van der Waals surface area contributed by atoms with Crippen molar-refractivity contribution in [2.75, 3.05) is 23.3 Å². The Morgan fingerprint density at radius 2 is 2.05 bits per heavy atom. The SMILES string of the molecule is Cc1nc(C(=O)Nc2ccc(N3CCCC3)cc2C)n[nH]1. The van der Waals surface area contributed by atoms with E-state index in [2.05, 4.69) is 37.5 Å². The summed E-state index contributed by atoms with van der Waals surface area (Å²) in [4.78, 5) is 18.5. The van der Waals surface area contributed by atoms with E-state index in [4.69, 9.17) is 0 Å². The van der Waals surface area contributed by atoms with Crippen molar-refractivity contribution in [1.29, 1.82) is 0 Å². The van der Waals surface area contributed by atoms with Crippen LogP contribution in [0, 0.1) is 13.8 Å². The molecule has 110 valence electrons. The molecule has 2 aromatic rings. The number of anilines is 2. The zero-order valence-electron chi connectivity index (χ0n) is 12.3. The number of aromatic amines is 1. The Bertz CT molecular complexity index is 658. The minimum Gasteiger partial charge on any atom is -0.372 e. The molecule has 1 aliphatic rings. The largest absolute Gasteiger partial charge is 0.372 e. The van der Waals surface area contributed by atoms with Crippen LogP contribution in [0.25, 0.3) is 0 Å². The zero-order valence-corrected chi connectivity index (χ0v) is 12.3. The fourth-order valence-electron chi connectivity index (χ4n) is 2.58. The molecule has 1 aromatic carbocycles. The van der Waals surface area contributed by atoms with E-state index in [1.165, 1.54) is 18.5 Å². The summed E-state index contributed by atoms with van der Waals surface area (Å²) in [6, 6.07) is 6.11. The lowest BCUT2D eigenvalue weighted by Gasteiger charge is -2.19. The summed E-state index contributed by atoms with van der Waals surface area (Å²) in [5.74, 6) is 0.494. The number of aromatic nitrogens is 3. The number of hydrogen-bond donors (Lipinski definition) is 2. The molecule has 1 aliphatic heterocycles. The van der Waals surface area contributed by atoms with Crippen LogP contribution in [0.2, 0.25) is 0 Å². The third-order valence-corrected chi connectivity index (χ3v) is 3.73. The van der Waals surface area contributed by atoms with Crippen LogP contribution >= 0.6 is 0 Å². The predicted molar refractivity (Wildman–Crippen MR) is 81.7 cm³/mol. The maximum atomic E-state index is 12.1. The van der Waals surface area contributed by atoms with Gasteiger partial charge in [-0.05, 0) is 50.5 Å². The number of carbonyl (C=O) groups is 1. The zero-order chi connectivity index (χ0) is 14.8. The van der Waals surface area contributed by atoms with Gasteiger partial charge in [0.25, 0.3) is 5.91 Å². The number of nitrogens with zero attached hydrogens (tertiary/aromatic N) is 3. The summed E-state index contributed by atoms with van der Waals surface area (Å²) >= 11 is 0. The molecular formula is C15H19N5O. The van der Waals surface area contributed by atoms with Crippen molar-refractivity contribution in [1.82, 2.24) is 15.2 Å². The Morgan fingerprint density at radius 1 is 1.29 bits per heavy atom. The molecule has 0 saturated carbocycles.